The first-order valence-corrected chi connectivity index (χ1v) is 8.71. The van der Waals surface area contributed by atoms with E-state index in [2.05, 4.69) is 11.1 Å². The SMILES string of the molecule is C=C(C)C(C)(C)CC(=O)c1cn(CCCCC(=O)O)c2ccccc12. The fourth-order valence-corrected chi connectivity index (χ4v) is 2.86. The Morgan fingerprint density at radius 3 is 2.52 bits per heavy atom. The number of carboxylic acids is 1. The maximum Gasteiger partial charge on any atom is 0.303 e. The molecule has 0 amide bonds. The second-order valence-electron chi connectivity index (χ2n) is 7.37. The van der Waals surface area contributed by atoms with E-state index in [9.17, 15) is 9.59 Å². The van der Waals surface area contributed by atoms with E-state index in [1.165, 1.54) is 0 Å². The zero-order chi connectivity index (χ0) is 18.6. The van der Waals surface area contributed by atoms with Crippen LogP contribution in [0.1, 0.15) is 56.8 Å². The molecule has 1 N–H and O–H groups in total. The summed E-state index contributed by atoms with van der Waals surface area (Å²) in [5.41, 5.74) is 2.53. The first kappa shape index (κ1) is 19.0. The maximum atomic E-state index is 12.9. The van der Waals surface area contributed by atoms with Crippen molar-refractivity contribution >= 4 is 22.7 Å². The second kappa shape index (κ2) is 7.68. The fourth-order valence-electron chi connectivity index (χ4n) is 2.86. The molecule has 0 spiro atoms. The number of benzene rings is 1. The summed E-state index contributed by atoms with van der Waals surface area (Å²) in [6.45, 7) is 10.8. The molecule has 0 aliphatic heterocycles. The van der Waals surface area contributed by atoms with Crippen LogP contribution in [-0.2, 0) is 11.3 Å². The third-order valence-corrected chi connectivity index (χ3v) is 4.89. The molecule has 4 heteroatoms. The zero-order valence-electron chi connectivity index (χ0n) is 15.3. The maximum absolute atomic E-state index is 12.9. The van der Waals surface area contributed by atoms with Gasteiger partial charge in [-0.05, 0) is 31.2 Å². The van der Waals surface area contributed by atoms with E-state index in [0.717, 1.165) is 28.5 Å². The largest absolute Gasteiger partial charge is 0.481 e. The Labute approximate surface area is 149 Å². The van der Waals surface area contributed by atoms with Crippen molar-refractivity contribution in [2.24, 2.45) is 5.41 Å². The molecule has 2 aromatic rings. The molecule has 4 nitrogen and oxygen atoms in total. The topological polar surface area (TPSA) is 59.3 Å². The molecule has 0 radical (unpaired) electrons. The number of fused-ring (bicyclic) bond motifs is 1. The molecule has 1 heterocycles. The minimum atomic E-state index is -0.768. The molecule has 1 aromatic carbocycles. The summed E-state index contributed by atoms with van der Waals surface area (Å²) in [5, 5.41) is 9.72. The number of nitrogens with zero attached hydrogens (tertiary/aromatic N) is 1. The molecule has 0 saturated heterocycles. The molecule has 0 aliphatic carbocycles. The van der Waals surface area contributed by atoms with Crippen LogP contribution in [0.2, 0.25) is 0 Å². The predicted molar refractivity (Wildman–Crippen MR) is 101 cm³/mol. The molecule has 1 aromatic heterocycles. The van der Waals surface area contributed by atoms with E-state index in [4.69, 9.17) is 5.11 Å². The Balaban J connectivity index is 2.24. The summed E-state index contributed by atoms with van der Waals surface area (Å²) >= 11 is 0. The lowest BCUT2D eigenvalue weighted by molar-refractivity contribution is -0.137. The van der Waals surface area contributed by atoms with E-state index in [-0.39, 0.29) is 17.6 Å². The normalized spacial score (nSPS) is 11.6. The Bertz CT molecular complexity index is 799. The predicted octanol–water partition coefficient (Wildman–Crippen LogP) is 5.07. The number of allylic oxidation sites excluding steroid dienone is 1. The Morgan fingerprint density at radius 2 is 1.88 bits per heavy atom. The highest BCUT2D eigenvalue weighted by Gasteiger charge is 2.25. The molecule has 0 fully saturated rings. The van der Waals surface area contributed by atoms with Gasteiger partial charge in [0.05, 0.1) is 0 Å². The number of carbonyl (C=O) groups excluding carboxylic acids is 1. The smallest absolute Gasteiger partial charge is 0.303 e. The van der Waals surface area contributed by atoms with Crippen molar-refractivity contribution < 1.29 is 14.7 Å². The number of carboxylic acid groups (broad SMARTS) is 1. The lowest BCUT2D eigenvalue weighted by Crippen LogP contribution is -2.18. The highest BCUT2D eigenvalue weighted by atomic mass is 16.4. The number of aryl methyl sites for hydroxylation is 1. The van der Waals surface area contributed by atoms with Crippen LogP contribution in [0, 0.1) is 5.41 Å². The number of aliphatic carboxylic acids is 1. The molecule has 25 heavy (non-hydrogen) atoms. The zero-order valence-corrected chi connectivity index (χ0v) is 15.3. The quantitative estimate of drug-likeness (QED) is 0.393. The fraction of sp³-hybridized carbons (Fsp3) is 0.429. The molecule has 0 atom stereocenters. The van der Waals surface area contributed by atoms with Gasteiger partial charge in [0.15, 0.2) is 5.78 Å². The van der Waals surface area contributed by atoms with Crippen molar-refractivity contribution in [1.29, 1.82) is 0 Å². The minimum absolute atomic E-state index is 0.119. The van der Waals surface area contributed by atoms with Crippen molar-refractivity contribution in [1.82, 2.24) is 4.57 Å². The van der Waals surface area contributed by atoms with Crippen LogP contribution in [0.5, 0.6) is 0 Å². The standard InChI is InChI=1S/C21H27NO3/c1-15(2)21(3,4)13-19(23)17-14-22(12-8-7-11-20(24)25)18-10-6-5-9-16(17)18/h5-6,9-10,14H,1,7-8,11-13H2,2-4H3,(H,24,25). The number of carbonyl (C=O) groups is 2. The van der Waals surface area contributed by atoms with E-state index < -0.39 is 5.97 Å². The average Bonchev–Trinajstić information content (AvgIpc) is 2.90. The van der Waals surface area contributed by atoms with Crippen LogP contribution < -0.4 is 0 Å². The summed E-state index contributed by atoms with van der Waals surface area (Å²) < 4.78 is 2.07. The van der Waals surface area contributed by atoms with Gasteiger partial charge in [0, 0.05) is 42.0 Å². The number of unbranched alkanes of at least 4 members (excludes halogenated alkanes) is 1. The van der Waals surface area contributed by atoms with Crippen LogP contribution in [-0.4, -0.2) is 21.4 Å². The average molecular weight is 341 g/mol. The van der Waals surface area contributed by atoms with Gasteiger partial charge in [0.2, 0.25) is 0 Å². The number of hydrogen-bond donors (Lipinski definition) is 1. The molecular formula is C21H27NO3. The highest BCUT2D eigenvalue weighted by molar-refractivity contribution is 6.08. The van der Waals surface area contributed by atoms with Gasteiger partial charge in [0.25, 0.3) is 0 Å². The van der Waals surface area contributed by atoms with Crippen molar-refractivity contribution in [3.05, 3.63) is 48.2 Å². The van der Waals surface area contributed by atoms with Gasteiger partial charge >= 0.3 is 5.97 Å². The number of Topliss-reactive ketones (excluding diaryl/α,β-unsaturated/α-hetero) is 1. The molecular weight excluding hydrogens is 314 g/mol. The van der Waals surface area contributed by atoms with Gasteiger partial charge in [-0.15, -0.1) is 0 Å². The third-order valence-electron chi connectivity index (χ3n) is 4.89. The number of ketones is 1. The molecule has 0 bridgehead atoms. The summed E-state index contributed by atoms with van der Waals surface area (Å²) in [4.78, 5) is 23.5. The van der Waals surface area contributed by atoms with Crippen LogP contribution >= 0.6 is 0 Å². The van der Waals surface area contributed by atoms with Gasteiger partial charge in [-0.3, -0.25) is 9.59 Å². The van der Waals surface area contributed by atoms with E-state index in [1.807, 2.05) is 51.2 Å². The molecule has 0 saturated carbocycles. The minimum Gasteiger partial charge on any atom is -0.481 e. The van der Waals surface area contributed by atoms with Crippen molar-refractivity contribution in [2.45, 2.75) is 53.0 Å². The van der Waals surface area contributed by atoms with Gasteiger partial charge in [-0.25, -0.2) is 0 Å². The Morgan fingerprint density at radius 1 is 1.20 bits per heavy atom. The second-order valence-corrected chi connectivity index (χ2v) is 7.37. The first-order valence-electron chi connectivity index (χ1n) is 8.71. The number of rotatable bonds is 9. The van der Waals surface area contributed by atoms with Crippen LogP contribution in [0.3, 0.4) is 0 Å². The van der Waals surface area contributed by atoms with Crippen LogP contribution in [0.25, 0.3) is 10.9 Å². The molecule has 134 valence electrons. The molecule has 0 aliphatic rings. The Hall–Kier alpha value is -2.36. The lowest BCUT2D eigenvalue weighted by Gasteiger charge is -2.23. The van der Waals surface area contributed by atoms with Crippen molar-refractivity contribution in [3.63, 3.8) is 0 Å². The van der Waals surface area contributed by atoms with Gasteiger partial charge in [-0.1, -0.05) is 44.2 Å². The number of hydrogen-bond acceptors (Lipinski definition) is 2. The van der Waals surface area contributed by atoms with E-state index >= 15 is 0 Å². The molecule has 0 unspecified atom stereocenters. The van der Waals surface area contributed by atoms with Gasteiger partial charge in [-0.2, -0.15) is 0 Å². The van der Waals surface area contributed by atoms with Crippen molar-refractivity contribution in [2.75, 3.05) is 0 Å². The van der Waals surface area contributed by atoms with E-state index in [0.29, 0.717) is 19.4 Å². The summed E-state index contributed by atoms with van der Waals surface area (Å²) in [7, 11) is 0. The summed E-state index contributed by atoms with van der Waals surface area (Å²) in [6.07, 6.45) is 3.93. The monoisotopic (exact) mass is 341 g/mol. The Kier molecular flexibility index (Phi) is 5.83. The van der Waals surface area contributed by atoms with E-state index in [1.54, 1.807) is 0 Å². The van der Waals surface area contributed by atoms with Crippen LogP contribution in [0.4, 0.5) is 0 Å². The third kappa shape index (κ3) is 4.59. The number of aromatic nitrogens is 1. The van der Waals surface area contributed by atoms with Gasteiger partial charge in [0.1, 0.15) is 0 Å². The highest BCUT2D eigenvalue weighted by Crippen LogP contribution is 2.32. The van der Waals surface area contributed by atoms with Crippen molar-refractivity contribution in [3.8, 4) is 0 Å². The summed E-state index contributed by atoms with van der Waals surface area (Å²) in [6, 6.07) is 7.89. The van der Waals surface area contributed by atoms with Gasteiger partial charge < -0.3 is 9.67 Å². The summed E-state index contributed by atoms with van der Waals surface area (Å²) in [5.74, 6) is -0.649. The first-order chi connectivity index (χ1) is 11.7. The number of para-hydroxylation sites is 1. The lowest BCUT2D eigenvalue weighted by atomic mass is 9.80. The molecule has 2 rings (SSSR count). The van der Waals surface area contributed by atoms with Crippen LogP contribution in [0.15, 0.2) is 42.6 Å².